The van der Waals surface area contributed by atoms with E-state index in [1.807, 2.05) is 61.5 Å². The maximum absolute atomic E-state index is 12.5. The molecule has 3 aromatic rings. The lowest BCUT2D eigenvalue weighted by Gasteiger charge is -2.11. The van der Waals surface area contributed by atoms with Crippen LogP contribution in [-0.4, -0.2) is 20.9 Å². The summed E-state index contributed by atoms with van der Waals surface area (Å²) in [6.45, 7) is 4.07. The first-order chi connectivity index (χ1) is 13.6. The number of aliphatic hydroxyl groups excluding tert-OH is 1. The molecule has 2 aromatic carbocycles. The number of carbonyl (C=O) groups is 1. The Morgan fingerprint density at radius 3 is 2.68 bits per heavy atom. The highest BCUT2D eigenvalue weighted by atomic mass is 16.3. The highest BCUT2D eigenvalue weighted by Crippen LogP contribution is 2.20. The van der Waals surface area contributed by atoms with Crippen molar-refractivity contribution in [3.05, 3.63) is 71.4 Å². The molecule has 0 saturated carbocycles. The molecular weight excluding hydrogens is 352 g/mol. The van der Waals surface area contributed by atoms with Crippen molar-refractivity contribution < 1.29 is 9.90 Å². The second-order valence-electron chi connectivity index (χ2n) is 6.81. The van der Waals surface area contributed by atoms with Gasteiger partial charge in [-0.3, -0.25) is 5.32 Å². The van der Waals surface area contributed by atoms with Gasteiger partial charge in [-0.25, -0.2) is 9.48 Å². The number of hydrogen-bond donors (Lipinski definition) is 3. The van der Waals surface area contributed by atoms with Gasteiger partial charge in [0.25, 0.3) is 0 Å². The molecule has 146 valence electrons. The van der Waals surface area contributed by atoms with Crippen LogP contribution in [0.2, 0.25) is 0 Å². The van der Waals surface area contributed by atoms with Gasteiger partial charge in [-0.2, -0.15) is 5.10 Å². The number of anilines is 2. The van der Waals surface area contributed by atoms with E-state index >= 15 is 0 Å². The SMILES string of the molecule is CCCCc1cc(NC(=O)Nc2cccc(C)c2)n(-c2cccc(CO)c2)n1. The topological polar surface area (TPSA) is 79.2 Å². The Balaban J connectivity index is 1.85. The van der Waals surface area contributed by atoms with Crippen LogP contribution in [0, 0.1) is 6.92 Å². The van der Waals surface area contributed by atoms with Crippen LogP contribution in [0.25, 0.3) is 5.69 Å². The maximum Gasteiger partial charge on any atom is 0.324 e. The normalized spacial score (nSPS) is 10.7. The molecule has 6 nitrogen and oxygen atoms in total. The predicted molar refractivity (Wildman–Crippen MR) is 112 cm³/mol. The quantitative estimate of drug-likeness (QED) is 0.559. The van der Waals surface area contributed by atoms with E-state index in [9.17, 15) is 9.90 Å². The Morgan fingerprint density at radius 2 is 1.93 bits per heavy atom. The van der Waals surface area contributed by atoms with E-state index in [0.29, 0.717) is 5.82 Å². The van der Waals surface area contributed by atoms with Crippen LogP contribution in [0.15, 0.2) is 54.6 Å². The highest BCUT2D eigenvalue weighted by Gasteiger charge is 2.13. The van der Waals surface area contributed by atoms with Crippen LogP contribution < -0.4 is 10.6 Å². The van der Waals surface area contributed by atoms with E-state index in [2.05, 4.69) is 22.7 Å². The van der Waals surface area contributed by atoms with Gasteiger partial charge in [-0.15, -0.1) is 0 Å². The van der Waals surface area contributed by atoms with Gasteiger partial charge in [0, 0.05) is 11.8 Å². The Hall–Kier alpha value is -3.12. The average Bonchev–Trinajstić information content (AvgIpc) is 3.08. The summed E-state index contributed by atoms with van der Waals surface area (Å²) in [5, 5.41) is 19.8. The number of aromatic nitrogens is 2. The fraction of sp³-hybridized carbons (Fsp3) is 0.273. The molecule has 0 aliphatic rings. The highest BCUT2D eigenvalue weighted by molar-refractivity contribution is 5.99. The molecule has 0 aliphatic heterocycles. The summed E-state index contributed by atoms with van der Waals surface area (Å²) in [4.78, 5) is 12.5. The van der Waals surface area contributed by atoms with Crippen LogP contribution in [0.3, 0.4) is 0 Å². The van der Waals surface area contributed by atoms with Crippen LogP contribution in [0.4, 0.5) is 16.3 Å². The van der Waals surface area contributed by atoms with Crippen molar-refractivity contribution in [3.63, 3.8) is 0 Å². The molecular formula is C22H26N4O2. The molecule has 0 aliphatic carbocycles. The third-order valence-electron chi connectivity index (χ3n) is 4.40. The van der Waals surface area contributed by atoms with Crippen molar-refractivity contribution in [2.24, 2.45) is 0 Å². The lowest BCUT2D eigenvalue weighted by molar-refractivity contribution is 0.262. The number of aryl methyl sites for hydroxylation is 2. The first-order valence-electron chi connectivity index (χ1n) is 9.53. The summed E-state index contributed by atoms with van der Waals surface area (Å²) in [5.41, 5.74) is 4.31. The Kier molecular flexibility index (Phi) is 6.45. The first-order valence-corrected chi connectivity index (χ1v) is 9.53. The van der Waals surface area contributed by atoms with Crippen molar-refractivity contribution in [2.75, 3.05) is 10.6 Å². The summed E-state index contributed by atoms with van der Waals surface area (Å²) in [6, 6.07) is 16.7. The number of carbonyl (C=O) groups excluding carboxylic acids is 1. The Bertz CT molecular complexity index is 949. The fourth-order valence-electron chi connectivity index (χ4n) is 2.98. The molecule has 0 saturated heterocycles. The number of nitrogens with zero attached hydrogens (tertiary/aromatic N) is 2. The number of rotatable bonds is 7. The smallest absolute Gasteiger partial charge is 0.324 e. The summed E-state index contributed by atoms with van der Waals surface area (Å²) >= 11 is 0. The minimum Gasteiger partial charge on any atom is -0.392 e. The molecule has 0 unspecified atom stereocenters. The summed E-state index contributed by atoms with van der Waals surface area (Å²) in [6.07, 6.45) is 2.95. The third-order valence-corrected chi connectivity index (χ3v) is 4.40. The van der Waals surface area contributed by atoms with E-state index in [1.54, 1.807) is 4.68 Å². The van der Waals surface area contributed by atoms with E-state index < -0.39 is 0 Å². The van der Waals surface area contributed by atoms with E-state index in [0.717, 1.165) is 47.5 Å². The number of aliphatic hydroxyl groups is 1. The minimum atomic E-state index is -0.327. The van der Waals surface area contributed by atoms with Crippen molar-refractivity contribution in [3.8, 4) is 5.69 Å². The molecule has 2 amide bonds. The van der Waals surface area contributed by atoms with Gasteiger partial charge in [0.2, 0.25) is 0 Å². The monoisotopic (exact) mass is 378 g/mol. The molecule has 1 heterocycles. The second-order valence-corrected chi connectivity index (χ2v) is 6.81. The summed E-state index contributed by atoms with van der Waals surface area (Å²) < 4.78 is 1.71. The molecule has 0 spiro atoms. The van der Waals surface area contributed by atoms with Crippen LogP contribution in [-0.2, 0) is 13.0 Å². The number of hydrogen-bond acceptors (Lipinski definition) is 3. The van der Waals surface area contributed by atoms with Crippen LogP contribution in [0.5, 0.6) is 0 Å². The number of urea groups is 1. The number of benzene rings is 2. The molecule has 0 fully saturated rings. The van der Waals surface area contributed by atoms with E-state index in [-0.39, 0.29) is 12.6 Å². The number of unbranched alkanes of at least 4 members (excludes halogenated alkanes) is 1. The van der Waals surface area contributed by atoms with Crippen molar-refractivity contribution in [1.29, 1.82) is 0 Å². The van der Waals surface area contributed by atoms with Crippen LogP contribution in [0.1, 0.15) is 36.6 Å². The van der Waals surface area contributed by atoms with Crippen molar-refractivity contribution in [2.45, 2.75) is 39.7 Å². The first kappa shape index (κ1) is 19.6. The van der Waals surface area contributed by atoms with E-state index in [1.165, 1.54) is 0 Å². The zero-order valence-electron chi connectivity index (χ0n) is 16.3. The standard InChI is InChI=1S/C22H26N4O2/c1-3-4-9-19-14-21(24-22(28)23-18-10-5-7-16(2)12-18)26(25-19)20-11-6-8-17(13-20)15-27/h5-8,10-14,27H,3-4,9,15H2,1-2H3,(H2,23,24,28). The van der Waals surface area contributed by atoms with Gasteiger partial charge < -0.3 is 10.4 Å². The van der Waals surface area contributed by atoms with Gasteiger partial charge >= 0.3 is 6.03 Å². The molecule has 0 atom stereocenters. The van der Waals surface area contributed by atoms with Gasteiger partial charge in [0.15, 0.2) is 0 Å². The maximum atomic E-state index is 12.5. The zero-order chi connectivity index (χ0) is 19.9. The fourth-order valence-corrected chi connectivity index (χ4v) is 2.98. The van der Waals surface area contributed by atoms with Gasteiger partial charge in [-0.05, 0) is 55.2 Å². The van der Waals surface area contributed by atoms with Gasteiger partial charge in [0.05, 0.1) is 18.0 Å². The summed E-state index contributed by atoms with van der Waals surface area (Å²) in [5.74, 6) is 0.589. The lowest BCUT2D eigenvalue weighted by Crippen LogP contribution is -2.21. The zero-order valence-corrected chi connectivity index (χ0v) is 16.3. The molecule has 1 aromatic heterocycles. The van der Waals surface area contributed by atoms with Crippen molar-refractivity contribution in [1.82, 2.24) is 9.78 Å². The number of nitrogens with one attached hydrogen (secondary N) is 2. The molecule has 0 radical (unpaired) electrons. The third kappa shape index (κ3) is 4.98. The molecule has 3 rings (SSSR count). The largest absolute Gasteiger partial charge is 0.392 e. The van der Waals surface area contributed by atoms with Crippen molar-refractivity contribution >= 4 is 17.5 Å². The minimum absolute atomic E-state index is 0.0472. The Morgan fingerprint density at radius 1 is 1.11 bits per heavy atom. The predicted octanol–water partition coefficient (Wildman–Crippen LogP) is 4.66. The molecule has 3 N–H and O–H groups in total. The Labute approximate surface area is 165 Å². The molecule has 0 bridgehead atoms. The second kappa shape index (κ2) is 9.19. The number of amides is 2. The van der Waals surface area contributed by atoms with E-state index in [4.69, 9.17) is 0 Å². The van der Waals surface area contributed by atoms with Gasteiger partial charge in [0.1, 0.15) is 5.82 Å². The lowest BCUT2D eigenvalue weighted by atomic mass is 10.2. The van der Waals surface area contributed by atoms with Crippen LogP contribution >= 0.6 is 0 Å². The van der Waals surface area contributed by atoms with Gasteiger partial charge in [-0.1, -0.05) is 37.6 Å². The molecule has 6 heteroatoms. The molecule has 28 heavy (non-hydrogen) atoms. The average molecular weight is 378 g/mol. The summed E-state index contributed by atoms with van der Waals surface area (Å²) in [7, 11) is 0.